The maximum absolute atomic E-state index is 12.2. The van der Waals surface area contributed by atoms with Gasteiger partial charge in [0.05, 0.1) is 10.5 Å². The largest absolute Gasteiger partial charge is 0.459 e. The van der Waals surface area contributed by atoms with Gasteiger partial charge in [-0.15, -0.1) is 0 Å². The van der Waals surface area contributed by atoms with E-state index in [-0.39, 0.29) is 16.6 Å². The highest BCUT2D eigenvalue weighted by molar-refractivity contribution is 7.89. The van der Waals surface area contributed by atoms with Crippen molar-refractivity contribution in [3.63, 3.8) is 0 Å². The number of primary sulfonamides is 1. The average Bonchev–Trinajstić information content (AvgIpc) is 2.37. The highest BCUT2D eigenvalue weighted by Crippen LogP contribution is 2.26. The molecule has 2 N–H and O–H groups in total. The van der Waals surface area contributed by atoms with E-state index in [4.69, 9.17) is 9.88 Å². The number of aryl methyl sites for hydroxylation is 1. The first-order chi connectivity index (χ1) is 9.77. The molecule has 2 unspecified atom stereocenters. The average molecular weight is 311 g/mol. The number of nitrogens with two attached hydrogens (primary N) is 1. The summed E-state index contributed by atoms with van der Waals surface area (Å²) in [5, 5.41) is 5.15. The van der Waals surface area contributed by atoms with E-state index in [2.05, 4.69) is 6.92 Å². The summed E-state index contributed by atoms with van der Waals surface area (Å²) in [5.74, 6) is 0.0635. The topological polar surface area (TPSA) is 86.5 Å². The molecule has 6 heteroatoms. The van der Waals surface area contributed by atoms with Gasteiger partial charge in [-0.2, -0.15) is 0 Å². The maximum atomic E-state index is 12.2. The number of sulfonamides is 1. The van der Waals surface area contributed by atoms with Crippen molar-refractivity contribution in [2.75, 3.05) is 0 Å². The first-order valence-corrected chi connectivity index (χ1v) is 8.66. The smallest absolute Gasteiger partial charge is 0.338 e. The third-order valence-electron chi connectivity index (χ3n) is 3.89. The molecule has 1 saturated carbocycles. The number of hydrogen-bond acceptors (Lipinski definition) is 4. The van der Waals surface area contributed by atoms with Gasteiger partial charge in [0, 0.05) is 0 Å². The molecule has 2 atom stereocenters. The van der Waals surface area contributed by atoms with Crippen LogP contribution in [-0.4, -0.2) is 20.5 Å². The molecule has 0 aromatic heterocycles. The summed E-state index contributed by atoms with van der Waals surface area (Å²) in [6, 6.07) is 4.43. The van der Waals surface area contributed by atoms with Gasteiger partial charge in [0.15, 0.2) is 0 Å². The van der Waals surface area contributed by atoms with Crippen molar-refractivity contribution < 1.29 is 17.9 Å². The Bertz CT molecular complexity index is 639. The molecule has 1 aromatic carbocycles. The van der Waals surface area contributed by atoms with Gasteiger partial charge in [-0.1, -0.05) is 19.4 Å². The molecule has 116 valence electrons. The third kappa shape index (κ3) is 4.04. The normalized spacial score (nSPS) is 22.8. The number of carbonyl (C=O) groups excluding carboxylic acids is 1. The van der Waals surface area contributed by atoms with Gasteiger partial charge in [0.2, 0.25) is 10.0 Å². The lowest BCUT2D eigenvalue weighted by atomic mass is 9.89. The minimum atomic E-state index is -3.84. The quantitative estimate of drug-likeness (QED) is 0.868. The van der Waals surface area contributed by atoms with Crippen LogP contribution >= 0.6 is 0 Å². The molecule has 0 aliphatic heterocycles. The Hall–Kier alpha value is -1.40. The molecule has 1 aliphatic carbocycles. The van der Waals surface area contributed by atoms with Crippen LogP contribution in [0, 0.1) is 12.8 Å². The van der Waals surface area contributed by atoms with Crippen molar-refractivity contribution in [1.82, 2.24) is 0 Å². The van der Waals surface area contributed by atoms with E-state index in [0.717, 1.165) is 25.7 Å². The van der Waals surface area contributed by atoms with Crippen molar-refractivity contribution in [2.45, 2.75) is 50.5 Å². The van der Waals surface area contributed by atoms with E-state index in [0.29, 0.717) is 11.5 Å². The van der Waals surface area contributed by atoms with Gasteiger partial charge in [0.25, 0.3) is 0 Å². The lowest BCUT2D eigenvalue weighted by Crippen LogP contribution is -2.24. The van der Waals surface area contributed by atoms with E-state index in [1.165, 1.54) is 6.07 Å². The van der Waals surface area contributed by atoms with Crippen LogP contribution in [0.3, 0.4) is 0 Å². The summed E-state index contributed by atoms with van der Waals surface area (Å²) in [6.45, 7) is 3.78. The maximum Gasteiger partial charge on any atom is 0.338 e. The summed E-state index contributed by atoms with van der Waals surface area (Å²) in [7, 11) is -3.84. The van der Waals surface area contributed by atoms with Gasteiger partial charge < -0.3 is 4.74 Å². The second kappa shape index (κ2) is 6.15. The standard InChI is InChI=1S/C15H21NO4S/c1-10-4-3-5-13(8-10)20-15(17)12-7-6-11(2)14(9-12)21(16,18)19/h6-7,9-10,13H,3-5,8H2,1-2H3,(H2,16,18,19). The van der Waals surface area contributed by atoms with Crippen molar-refractivity contribution in [3.8, 4) is 0 Å². The first-order valence-electron chi connectivity index (χ1n) is 7.12. The zero-order valence-electron chi connectivity index (χ0n) is 12.3. The SMILES string of the molecule is Cc1ccc(C(=O)OC2CCCC(C)C2)cc1S(N)(=O)=O. The predicted octanol–water partition coefficient (Wildman–Crippen LogP) is 2.38. The van der Waals surface area contributed by atoms with Crippen LogP contribution in [0.2, 0.25) is 0 Å². The molecule has 1 aliphatic rings. The van der Waals surface area contributed by atoms with Gasteiger partial charge in [-0.25, -0.2) is 18.4 Å². The Kier molecular flexibility index (Phi) is 4.68. The lowest BCUT2D eigenvalue weighted by molar-refractivity contribution is 0.0155. The van der Waals surface area contributed by atoms with Crippen LogP contribution in [0.15, 0.2) is 23.1 Å². The molecule has 2 rings (SSSR count). The van der Waals surface area contributed by atoms with Crippen LogP contribution in [0.1, 0.15) is 48.5 Å². The summed E-state index contributed by atoms with van der Waals surface area (Å²) in [4.78, 5) is 12.1. The predicted molar refractivity (Wildman–Crippen MR) is 79.4 cm³/mol. The molecule has 0 amide bonds. The molecule has 0 spiro atoms. The van der Waals surface area contributed by atoms with Crippen molar-refractivity contribution >= 4 is 16.0 Å². The molecule has 0 bridgehead atoms. The van der Waals surface area contributed by atoms with Gasteiger partial charge in [-0.3, -0.25) is 0 Å². The first kappa shape index (κ1) is 16.0. The number of ether oxygens (including phenoxy) is 1. The van der Waals surface area contributed by atoms with Gasteiger partial charge >= 0.3 is 5.97 Å². The molecule has 1 aromatic rings. The van der Waals surface area contributed by atoms with Crippen molar-refractivity contribution in [2.24, 2.45) is 11.1 Å². The van der Waals surface area contributed by atoms with E-state index >= 15 is 0 Å². The fourth-order valence-corrected chi connectivity index (χ4v) is 3.55. The highest BCUT2D eigenvalue weighted by Gasteiger charge is 2.23. The summed E-state index contributed by atoms with van der Waals surface area (Å²) >= 11 is 0. The van der Waals surface area contributed by atoms with E-state index in [9.17, 15) is 13.2 Å². The highest BCUT2D eigenvalue weighted by atomic mass is 32.2. The molecule has 21 heavy (non-hydrogen) atoms. The summed E-state index contributed by atoms with van der Waals surface area (Å²) in [6.07, 6.45) is 3.85. The number of hydrogen-bond donors (Lipinski definition) is 1. The molecular weight excluding hydrogens is 290 g/mol. The lowest BCUT2D eigenvalue weighted by Gasteiger charge is -2.26. The van der Waals surface area contributed by atoms with Gasteiger partial charge in [-0.05, 0) is 49.8 Å². The Morgan fingerprint density at radius 1 is 1.33 bits per heavy atom. The third-order valence-corrected chi connectivity index (χ3v) is 4.95. The number of esters is 1. The van der Waals surface area contributed by atoms with Crippen LogP contribution < -0.4 is 5.14 Å². The van der Waals surface area contributed by atoms with Crippen LogP contribution in [0.4, 0.5) is 0 Å². The number of benzene rings is 1. The zero-order valence-corrected chi connectivity index (χ0v) is 13.2. The molecule has 0 radical (unpaired) electrons. The van der Waals surface area contributed by atoms with E-state index in [1.807, 2.05) is 0 Å². The minimum absolute atomic E-state index is 0.0334. The molecule has 1 fully saturated rings. The fraction of sp³-hybridized carbons (Fsp3) is 0.533. The van der Waals surface area contributed by atoms with E-state index < -0.39 is 16.0 Å². The summed E-state index contributed by atoms with van der Waals surface area (Å²) in [5.41, 5.74) is 0.739. The Balaban J connectivity index is 2.16. The molecule has 5 nitrogen and oxygen atoms in total. The zero-order chi connectivity index (χ0) is 15.6. The van der Waals surface area contributed by atoms with Crippen LogP contribution in [0.5, 0.6) is 0 Å². The Morgan fingerprint density at radius 3 is 2.67 bits per heavy atom. The molecule has 0 saturated heterocycles. The minimum Gasteiger partial charge on any atom is -0.459 e. The number of rotatable bonds is 3. The van der Waals surface area contributed by atoms with Crippen LogP contribution in [-0.2, 0) is 14.8 Å². The second-order valence-electron chi connectivity index (χ2n) is 5.82. The Labute approximate surface area is 125 Å². The Morgan fingerprint density at radius 2 is 2.05 bits per heavy atom. The van der Waals surface area contributed by atoms with Crippen LogP contribution in [0.25, 0.3) is 0 Å². The van der Waals surface area contributed by atoms with Crippen molar-refractivity contribution in [1.29, 1.82) is 0 Å². The second-order valence-corrected chi connectivity index (χ2v) is 7.35. The fourth-order valence-electron chi connectivity index (χ4n) is 2.74. The summed E-state index contributed by atoms with van der Waals surface area (Å²) < 4.78 is 28.5. The molecular formula is C15H21NO4S. The number of carbonyl (C=O) groups is 1. The molecule has 0 heterocycles. The monoisotopic (exact) mass is 311 g/mol. The van der Waals surface area contributed by atoms with Crippen molar-refractivity contribution in [3.05, 3.63) is 29.3 Å². The van der Waals surface area contributed by atoms with Gasteiger partial charge in [0.1, 0.15) is 6.10 Å². The van der Waals surface area contributed by atoms with E-state index in [1.54, 1.807) is 19.1 Å².